The minimum absolute atomic E-state index is 0.473. The van der Waals surface area contributed by atoms with E-state index < -0.39 is 5.97 Å². The molecule has 1 aromatic carbocycles. The lowest BCUT2D eigenvalue weighted by Gasteiger charge is -2.17. The van der Waals surface area contributed by atoms with Crippen molar-refractivity contribution in [2.45, 2.75) is 19.9 Å². The van der Waals surface area contributed by atoms with Gasteiger partial charge in [-0.3, -0.25) is 0 Å². The predicted molar refractivity (Wildman–Crippen MR) is 73.1 cm³/mol. The summed E-state index contributed by atoms with van der Waals surface area (Å²) in [6, 6.07) is 7.94. The Morgan fingerprint density at radius 3 is 2.75 bits per heavy atom. The summed E-state index contributed by atoms with van der Waals surface area (Å²) in [4.78, 5) is 11.0. The Kier molecular flexibility index (Phi) is 3.14. The van der Waals surface area contributed by atoms with E-state index in [9.17, 15) is 4.79 Å². The van der Waals surface area contributed by atoms with Crippen molar-refractivity contribution in [3.05, 3.63) is 58.9 Å². The summed E-state index contributed by atoms with van der Waals surface area (Å²) in [5.41, 5.74) is 3.46. The number of aryl methyl sites for hydroxylation is 1. The largest absolute Gasteiger partial charge is 0.487 e. The molecule has 0 saturated heterocycles. The zero-order valence-corrected chi connectivity index (χ0v) is 11.3. The number of hydrogen-bond acceptors (Lipinski definition) is 2. The summed E-state index contributed by atoms with van der Waals surface area (Å²) >= 11 is 0. The van der Waals surface area contributed by atoms with Gasteiger partial charge in [0.1, 0.15) is 12.4 Å². The Hall–Kier alpha value is -2.36. The second-order valence-electron chi connectivity index (χ2n) is 5.07. The van der Waals surface area contributed by atoms with Gasteiger partial charge >= 0.3 is 5.97 Å². The molecular weight excluding hydrogens is 254 g/mol. The monoisotopic (exact) mass is 270 g/mol. The van der Waals surface area contributed by atoms with Crippen LogP contribution in [-0.2, 0) is 13.0 Å². The maximum absolute atomic E-state index is 11.0. The van der Waals surface area contributed by atoms with E-state index in [0.29, 0.717) is 18.7 Å². The molecule has 0 radical (unpaired) electrons. The normalized spacial score (nSPS) is 11.8. The number of fused-ring (bicyclic) bond motifs is 2. The standard InChI is InChI=1S/C16H15NO3/c1-11-3-2-4-14(7-11)20-6-5-17-9-12-8-13(10-17)15(12)16(18)19/h2-4,7,9-10H,5-6,8H2,1H3/p+1. The van der Waals surface area contributed by atoms with E-state index in [4.69, 9.17) is 9.84 Å². The molecule has 1 aromatic heterocycles. The van der Waals surface area contributed by atoms with Crippen LogP contribution >= 0.6 is 0 Å². The molecule has 2 aromatic rings. The lowest BCUT2D eigenvalue weighted by molar-refractivity contribution is -0.699. The number of rotatable bonds is 5. The fraction of sp³-hybridized carbons (Fsp3) is 0.250. The van der Waals surface area contributed by atoms with E-state index in [1.807, 2.05) is 48.1 Å². The molecule has 2 bridgehead atoms. The third-order valence-corrected chi connectivity index (χ3v) is 3.49. The van der Waals surface area contributed by atoms with Gasteiger partial charge in [0.2, 0.25) is 0 Å². The average molecular weight is 270 g/mol. The maximum atomic E-state index is 11.0. The quantitative estimate of drug-likeness (QED) is 0.721. The molecule has 0 spiro atoms. The number of benzene rings is 1. The molecule has 4 nitrogen and oxygen atoms in total. The lowest BCUT2D eigenvalue weighted by Crippen LogP contribution is -2.41. The van der Waals surface area contributed by atoms with Crippen molar-refractivity contribution in [1.82, 2.24) is 0 Å². The van der Waals surface area contributed by atoms with Gasteiger partial charge in [-0.25, -0.2) is 9.36 Å². The number of ether oxygens (including phenoxy) is 1. The van der Waals surface area contributed by atoms with E-state index in [2.05, 4.69) is 0 Å². The SMILES string of the molecule is Cc1cccc(OCC[n+]2cc3c(C(=O)O)c(c2)C3)c1. The summed E-state index contributed by atoms with van der Waals surface area (Å²) < 4.78 is 7.69. The van der Waals surface area contributed by atoms with E-state index in [1.165, 1.54) is 5.56 Å². The summed E-state index contributed by atoms with van der Waals surface area (Å²) in [5.74, 6) is 0.0367. The van der Waals surface area contributed by atoms with Crippen molar-refractivity contribution in [3.63, 3.8) is 0 Å². The molecule has 0 atom stereocenters. The summed E-state index contributed by atoms with van der Waals surface area (Å²) in [6.45, 7) is 3.32. The highest BCUT2D eigenvalue weighted by molar-refractivity contribution is 5.93. The maximum Gasteiger partial charge on any atom is 0.336 e. The Labute approximate surface area is 117 Å². The van der Waals surface area contributed by atoms with Crippen LogP contribution in [0.25, 0.3) is 0 Å². The first kappa shape index (κ1) is 12.7. The van der Waals surface area contributed by atoms with Gasteiger partial charge in [-0.1, -0.05) is 12.1 Å². The average Bonchev–Trinajstić information content (AvgIpc) is 2.38. The van der Waals surface area contributed by atoms with Crippen LogP contribution in [0.1, 0.15) is 27.0 Å². The molecule has 4 heteroatoms. The van der Waals surface area contributed by atoms with Crippen LogP contribution in [0, 0.1) is 6.92 Å². The number of nitrogens with zero attached hydrogens (tertiary/aromatic N) is 1. The van der Waals surface area contributed by atoms with Gasteiger partial charge in [0.15, 0.2) is 18.9 Å². The molecule has 1 aliphatic heterocycles. The number of pyridine rings is 1. The van der Waals surface area contributed by atoms with Crippen molar-refractivity contribution in [3.8, 4) is 5.75 Å². The predicted octanol–water partition coefficient (Wildman–Crippen LogP) is 1.96. The molecule has 102 valence electrons. The van der Waals surface area contributed by atoms with Crippen LogP contribution in [-0.4, -0.2) is 17.7 Å². The molecule has 0 unspecified atom stereocenters. The van der Waals surface area contributed by atoms with Gasteiger partial charge in [-0.2, -0.15) is 0 Å². The second kappa shape index (κ2) is 4.96. The van der Waals surface area contributed by atoms with E-state index in [1.54, 1.807) is 0 Å². The molecule has 0 saturated carbocycles. The topological polar surface area (TPSA) is 50.4 Å². The molecule has 2 heterocycles. The molecular formula is C16H16NO3+. The smallest absolute Gasteiger partial charge is 0.336 e. The Morgan fingerprint density at radius 2 is 2.10 bits per heavy atom. The number of aromatic carboxylic acids is 1. The van der Waals surface area contributed by atoms with Crippen LogP contribution in [0.4, 0.5) is 0 Å². The first-order valence-electron chi connectivity index (χ1n) is 6.61. The molecule has 1 aliphatic carbocycles. The van der Waals surface area contributed by atoms with Gasteiger partial charge in [0.05, 0.1) is 5.56 Å². The third-order valence-electron chi connectivity index (χ3n) is 3.49. The van der Waals surface area contributed by atoms with Gasteiger partial charge in [-0.15, -0.1) is 0 Å². The highest BCUT2D eigenvalue weighted by Crippen LogP contribution is 2.26. The summed E-state index contributed by atoms with van der Waals surface area (Å²) in [5, 5.41) is 9.01. The van der Waals surface area contributed by atoms with Crippen LogP contribution in [0.3, 0.4) is 0 Å². The zero-order valence-electron chi connectivity index (χ0n) is 11.3. The van der Waals surface area contributed by atoms with Crippen molar-refractivity contribution >= 4 is 5.97 Å². The van der Waals surface area contributed by atoms with E-state index >= 15 is 0 Å². The minimum Gasteiger partial charge on any atom is -0.487 e. The van der Waals surface area contributed by atoms with Gasteiger partial charge in [-0.05, 0) is 24.6 Å². The summed E-state index contributed by atoms with van der Waals surface area (Å²) in [6.07, 6.45) is 4.57. The van der Waals surface area contributed by atoms with Crippen LogP contribution in [0.2, 0.25) is 0 Å². The molecule has 0 amide bonds. The number of aromatic nitrogens is 1. The Bertz CT molecular complexity index is 656. The first-order chi connectivity index (χ1) is 9.63. The molecule has 20 heavy (non-hydrogen) atoms. The minimum atomic E-state index is -0.829. The fourth-order valence-electron chi connectivity index (χ4n) is 2.52. The van der Waals surface area contributed by atoms with E-state index in [-0.39, 0.29) is 0 Å². The van der Waals surface area contributed by atoms with Gasteiger partial charge in [0, 0.05) is 17.5 Å². The highest BCUT2D eigenvalue weighted by atomic mass is 16.5. The van der Waals surface area contributed by atoms with Gasteiger partial charge in [0.25, 0.3) is 0 Å². The Balaban J connectivity index is 1.60. The molecule has 0 fully saturated rings. The van der Waals surface area contributed by atoms with Crippen LogP contribution in [0.15, 0.2) is 36.7 Å². The first-order valence-corrected chi connectivity index (χ1v) is 6.61. The number of carboxylic acid groups (broad SMARTS) is 1. The van der Waals surface area contributed by atoms with Gasteiger partial charge < -0.3 is 9.84 Å². The van der Waals surface area contributed by atoms with Crippen molar-refractivity contribution in [2.24, 2.45) is 0 Å². The zero-order chi connectivity index (χ0) is 14.1. The number of carbonyl (C=O) groups is 1. The summed E-state index contributed by atoms with van der Waals surface area (Å²) in [7, 11) is 0. The second-order valence-corrected chi connectivity index (χ2v) is 5.07. The third kappa shape index (κ3) is 2.37. The lowest BCUT2D eigenvalue weighted by atomic mass is 9.87. The highest BCUT2D eigenvalue weighted by Gasteiger charge is 2.30. The van der Waals surface area contributed by atoms with E-state index in [0.717, 1.165) is 23.3 Å². The van der Waals surface area contributed by atoms with Crippen molar-refractivity contribution in [2.75, 3.05) is 6.61 Å². The molecule has 4 rings (SSSR count). The Morgan fingerprint density at radius 1 is 1.35 bits per heavy atom. The van der Waals surface area contributed by atoms with Crippen molar-refractivity contribution in [1.29, 1.82) is 0 Å². The van der Waals surface area contributed by atoms with Crippen molar-refractivity contribution < 1.29 is 19.2 Å². The van der Waals surface area contributed by atoms with Crippen LogP contribution in [0.5, 0.6) is 5.75 Å². The molecule has 2 aliphatic rings. The molecule has 1 N–H and O–H groups in total. The number of hydrogen-bond donors (Lipinski definition) is 1. The van der Waals surface area contributed by atoms with Crippen LogP contribution < -0.4 is 9.30 Å². The number of carboxylic acids is 1. The fourth-order valence-corrected chi connectivity index (χ4v) is 2.52.